The molecule has 0 atom stereocenters. The van der Waals surface area contributed by atoms with Gasteiger partial charge < -0.3 is 14.2 Å². The van der Waals surface area contributed by atoms with Crippen LogP contribution < -0.4 is 4.74 Å². The van der Waals surface area contributed by atoms with Crippen LogP contribution in [0.5, 0.6) is 5.75 Å². The van der Waals surface area contributed by atoms with Crippen molar-refractivity contribution >= 4 is 0 Å². The van der Waals surface area contributed by atoms with Gasteiger partial charge in [0.1, 0.15) is 5.75 Å². The number of ether oxygens (including phenoxy) is 3. The van der Waals surface area contributed by atoms with Crippen LogP contribution >= 0.6 is 0 Å². The Morgan fingerprint density at radius 2 is 1.84 bits per heavy atom. The number of methoxy groups -OCH3 is 1. The number of hydrogen-bond donors (Lipinski definition) is 0. The van der Waals surface area contributed by atoms with Gasteiger partial charge in [-0.15, -0.1) is 0 Å². The van der Waals surface area contributed by atoms with E-state index in [0.717, 1.165) is 48.8 Å². The minimum absolute atomic E-state index is 0.161. The van der Waals surface area contributed by atoms with Gasteiger partial charge in [-0.2, -0.15) is 0 Å². The zero-order valence-corrected chi connectivity index (χ0v) is 18.5. The van der Waals surface area contributed by atoms with Crippen molar-refractivity contribution in [3.63, 3.8) is 0 Å². The number of likely N-dealkylation sites (tertiary alicyclic amines) is 2. The van der Waals surface area contributed by atoms with Crippen LogP contribution in [-0.4, -0.2) is 67.9 Å². The molecule has 5 rings (SSSR count). The summed E-state index contributed by atoms with van der Waals surface area (Å²) in [6.45, 7) is 3.70. The summed E-state index contributed by atoms with van der Waals surface area (Å²) in [5.74, 6) is 0.419. The minimum Gasteiger partial charge on any atom is -0.462 e. The third-order valence-electron chi connectivity index (χ3n) is 7.97. The predicted octanol–water partition coefficient (Wildman–Crippen LogP) is 4.14. The Bertz CT molecular complexity index is 770. The molecular formula is C24H34F2N2O3. The Morgan fingerprint density at radius 3 is 2.45 bits per heavy atom. The summed E-state index contributed by atoms with van der Waals surface area (Å²) in [5, 5.41) is 0. The van der Waals surface area contributed by atoms with E-state index >= 15 is 0 Å². The van der Waals surface area contributed by atoms with Gasteiger partial charge in [-0.1, -0.05) is 12.5 Å². The van der Waals surface area contributed by atoms with E-state index in [1.54, 1.807) is 7.11 Å². The number of benzene rings is 1. The number of fused-ring (bicyclic) bond motifs is 1. The lowest BCUT2D eigenvalue weighted by molar-refractivity contribution is -0.231. The zero-order chi connectivity index (χ0) is 21.5. The molecule has 0 unspecified atom stereocenters. The fourth-order valence-corrected chi connectivity index (χ4v) is 5.65. The molecule has 3 fully saturated rings. The Kier molecular flexibility index (Phi) is 5.97. The maximum absolute atomic E-state index is 12.7. The van der Waals surface area contributed by atoms with E-state index in [-0.39, 0.29) is 6.54 Å². The lowest BCUT2D eigenvalue weighted by atomic mass is 9.83. The first-order valence-corrected chi connectivity index (χ1v) is 11.8. The summed E-state index contributed by atoms with van der Waals surface area (Å²) in [4.78, 5) is 4.43. The van der Waals surface area contributed by atoms with Crippen molar-refractivity contribution in [1.82, 2.24) is 9.80 Å². The first kappa shape index (κ1) is 21.6. The smallest absolute Gasteiger partial charge is 0.251 e. The van der Waals surface area contributed by atoms with Gasteiger partial charge in [-0.05, 0) is 43.4 Å². The number of hydrogen-bond acceptors (Lipinski definition) is 5. The molecule has 7 heteroatoms. The molecule has 31 heavy (non-hydrogen) atoms. The molecule has 3 aliphatic heterocycles. The molecule has 1 spiro atoms. The quantitative estimate of drug-likeness (QED) is 0.693. The lowest BCUT2D eigenvalue weighted by Crippen LogP contribution is -2.54. The van der Waals surface area contributed by atoms with Gasteiger partial charge >= 0.3 is 0 Å². The van der Waals surface area contributed by atoms with E-state index in [1.807, 2.05) is 4.90 Å². The van der Waals surface area contributed by atoms with Gasteiger partial charge in [0.25, 0.3) is 6.43 Å². The second-order valence-corrected chi connectivity index (χ2v) is 9.63. The van der Waals surface area contributed by atoms with Crippen LogP contribution in [0.3, 0.4) is 0 Å². The highest BCUT2D eigenvalue weighted by Gasteiger charge is 2.43. The Hall–Kier alpha value is -1.28. The van der Waals surface area contributed by atoms with Gasteiger partial charge in [0.05, 0.1) is 18.8 Å². The Morgan fingerprint density at radius 1 is 1.10 bits per heavy atom. The number of nitrogens with zero attached hydrogens (tertiary/aromatic N) is 2. The second-order valence-electron chi connectivity index (χ2n) is 9.63. The van der Waals surface area contributed by atoms with Crippen LogP contribution in [0.2, 0.25) is 0 Å². The number of alkyl halides is 2. The highest BCUT2D eigenvalue weighted by atomic mass is 19.3. The molecule has 0 amide bonds. The largest absolute Gasteiger partial charge is 0.462 e. The van der Waals surface area contributed by atoms with E-state index in [9.17, 15) is 8.78 Å². The van der Waals surface area contributed by atoms with Crippen LogP contribution in [-0.2, 0) is 21.7 Å². The zero-order valence-electron chi connectivity index (χ0n) is 18.5. The molecule has 0 aromatic heterocycles. The topological polar surface area (TPSA) is 34.2 Å². The molecular weight excluding hydrogens is 402 g/mol. The van der Waals surface area contributed by atoms with Crippen molar-refractivity contribution in [2.24, 2.45) is 0 Å². The summed E-state index contributed by atoms with van der Waals surface area (Å²) in [6, 6.07) is 7.05. The summed E-state index contributed by atoms with van der Waals surface area (Å²) >= 11 is 0. The molecule has 0 bridgehead atoms. The highest BCUT2D eigenvalue weighted by molar-refractivity contribution is 5.41. The molecule has 0 N–H and O–H groups in total. The van der Waals surface area contributed by atoms with Crippen molar-refractivity contribution in [1.29, 1.82) is 0 Å². The molecule has 1 aromatic rings. The van der Waals surface area contributed by atoms with Crippen molar-refractivity contribution in [3.8, 4) is 5.75 Å². The molecule has 5 nitrogen and oxygen atoms in total. The molecule has 1 aromatic carbocycles. The number of rotatable bonds is 5. The van der Waals surface area contributed by atoms with E-state index in [0.29, 0.717) is 32.5 Å². The maximum Gasteiger partial charge on any atom is 0.251 e. The molecule has 1 saturated carbocycles. The first-order valence-electron chi connectivity index (χ1n) is 11.8. The molecule has 1 aliphatic carbocycles. The Balaban J connectivity index is 1.25. The van der Waals surface area contributed by atoms with Crippen LogP contribution in [0.4, 0.5) is 8.78 Å². The molecule has 0 radical (unpaired) electrons. The standard InChI is InChI=1S/C24H34F2N2O3/c1-29-23(7-11-27(12-8-23)16-22(25)26)19-5-6-21-18(15-19)17-30-24(31-21)9-13-28(14-10-24)20-3-2-4-20/h5-6,15,20,22H,2-4,7-14,16-17H2,1H3. The number of piperidine rings is 2. The van der Waals surface area contributed by atoms with Crippen LogP contribution in [0.25, 0.3) is 0 Å². The predicted molar refractivity (Wildman–Crippen MR) is 113 cm³/mol. The third-order valence-corrected chi connectivity index (χ3v) is 7.97. The SMILES string of the molecule is COC1(c2ccc3c(c2)COC2(CCN(C4CCC4)CC2)O3)CCN(CC(F)F)CC1. The van der Waals surface area contributed by atoms with Crippen LogP contribution in [0, 0.1) is 0 Å². The van der Waals surface area contributed by atoms with Crippen LogP contribution in [0.1, 0.15) is 56.1 Å². The van der Waals surface area contributed by atoms with Gasteiger partial charge in [-0.25, -0.2) is 8.78 Å². The van der Waals surface area contributed by atoms with Crippen LogP contribution in [0.15, 0.2) is 18.2 Å². The van der Waals surface area contributed by atoms with Crippen molar-refractivity contribution in [3.05, 3.63) is 29.3 Å². The van der Waals surface area contributed by atoms with Gasteiger partial charge in [-0.3, -0.25) is 9.80 Å². The summed E-state index contributed by atoms with van der Waals surface area (Å²) in [7, 11) is 1.72. The van der Waals surface area contributed by atoms with Gasteiger partial charge in [0, 0.05) is 57.7 Å². The van der Waals surface area contributed by atoms with E-state index in [4.69, 9.17) is 14.2 Å². The Labute approximate surface area is 183 Å². The molecule has 172 valence electrons. The monoisotopic (exact) mass is 436 g/mol. The molecule has 2 saturated heterocycles. The van der Waals surface area contributed by atoms with Crippen molar-refractivity contribution in [2.45, 2.75) is 75.4 Å². The highest BCUT2D eigenvalue weighted by Crippen LogP contribution is 2.43. The fourth-order valence-electron chi connectivity index (χ4n) is 5.65. The maximum atomic E-state index is 12.7. The minimum atomic E-state index is -2.29. The lowest BCUT2D eigenvalue weighted by Gasteiger charge is -2.48. The summed E-state index contributed by atoms with van der Waals surface area (Å²) in [5.41, 5.74) is 1.71. The summed E-state index contributed by atoms with van der Waals surface area (Å²) < 4.78 is 44.2. The average Bonchev–Trinajstić information content (AvgIpc) is 2.74. The average molecular weight is 437 g/mol. The van der Waals surface area contributed by atoms with E-state index < -0.39 is 17.8 Å². The summed E-state index contributed by atoms with van der Waals surface area (Å²) in [6.07, 6.45) is 4.97. The fraction of sp³-hybridized carbons (Fsp3) is 0.750. The van der Waals surface area contributed by atoms with Gasteiger partial charge in [0.2, 0.25) is 5.79 Å². The van der Waals surface area contributed by atoms with E-state index in [2.05, 4.69) is 23.1 Å². The second kappa shape index (κ2) is 8.58. The third kappa shape index (κ3) is 4.22. The molecule has 3 heterocycles. The van der Waals surface area contributed by atoms with Gasteiger partial charge in [0.15, 0.2) is 0 Å². The van der Waals surface area contributed by atoms with Crippen molar-refractivity contribution < 1.29 is 23.0 Å². The normalized spacial score (nSPS) is 26.5. The molecule has 4 aliphatic rings. The van der Waals surface area contributed by atoms with E-state index in [1.165, 1.54) is 19.3 Å². The van der Waals surface area contributed by atoms with Crippen molar-refractivity contribution in [2.75, 3.05) is 39.8 Å². The number of halogens is 2. The first-order chi connectivity index (χ1) is 15.0.